The van der Waals surface area contributed by atoms with E-state index in [1.165, 1.54) is 4.90 Å². The van der Waals surface area contributed by atoms with Gasteiger partial charge in [0.1, 0.15) is 11.6 Å². The fourth-order valence-corrected chi connectivity index (χ4v) is 4.29. The molecule has 2 aromatic rings. The van der Waals surface area contributed by atoms with Gasteiger partial charge in [0.05, 0.1) is 25.6 Å². The molecular formula is C27H39BN7O11Re-3. The van der Waals surface area contributed by atoms with Crippen molar-refractivity contribution in [1.82, 2.24) is 34.2 Å². The second kappa shape index (κ2) is 33.1. The molecule has 1 fully saturated rings. The van der Waals surface area contributed by atoms with Gasteiger partial charge in [0.2, 0.25) is 11.8 Å². The third kappa shape index (κ3) is 22.0. The third-order valence-electron chi connectivity index (χ3n) is 6.35. The molecule has 2 amide bonds. The molecule has 0 saturated carbocycles. The van der Waals surface area contributed by atoms with Gasteiger partial charge in [0, 0.05) is 72.3 Å². The van der Waals surface area contributed by atoms with Crippen molar-refractivity contribution in [2.45, 2.75) is 57.6 Å². The number of aromatic nitrogens is 4. The van der Waals surface area contributed by atoms with Gasteiger partial charge in [-0.25, -0.2) is 9.97 Å². The number of nitrogens with one attached hydrogen (secondary N) is 1. The van der Waals surface area contributed by atoms with Crippen LogP contribution in [0.5, 0.6) is 0 Å². The normalized spacial score (nSPS) is 12.0. The van der Waals surface area contributed by atoms with E-state index in [0.29, 0.717) is 19.4 Å². The van der Waals surface area contributed by atoms with Crippen molar-refractivity contribution in [3.05, 3.63) is 36.4 Å². The minimum atomic E-state index is -1.54. The average Bonchev–Trinajstić information content (AvgIpc) is 3.81. The molecule has 3 rings (SSSR count). The molecule has 0 aliphatic carbocycles. The Kier molecular flexibility index (Phi) is 35.0. The van der Waals surface area contributed by atoms with Crippen LogP contribution in [0.2, 0.25) is 0 Å². The number of carbonyl (C=O) groups is 2. The van der Waals surface area contributed by atoms with E-state index in [-0.39, 0.29) is 51.1 Å². The number of carbonyl (C=O) groups excluding carboxylic acids is 9. The van der Waals surface area contributed by atoms with Crippen molar-refractivity contribution >= 4 is 51.6 Å². The zero-order chi connectivity index (χ0) is 35.9. The maximum atomic E-state index is 12.3. The predicted molar refractivity (Wildman–Crippen MR) is 157 cm³/mol. The van der Waals surface area contributed by atoms with E-state index in [9.17, 15) is 19.6 Å². The number of aryl methyl sites for hydroxylation is 2. The van der Waals surface area contributed by atoms with E-state index in [1.54, 1.807) is 12.4 Å². The molecule has 1 saturated heterocycles. The first-order valence-electron chi connectivity index (χ1n) is 13.4. The van der Waals surface area contributed by atoms with Crippen LogP contribution in [0, 0.1) is 0 Å². The number of unbranched alkanes of at least 4 members (excludes halogenated alkanes) is 2. The van der Waals surface area contributed by atoms with Crippen LogP contribution in [0.4, 0.5) is 0 Å². The summed E-state index contributed by atoms with van der Waals surface area (Å²) in [4.78, 5) is 92.8. The topological polar surface area (TPSA) is 248 Å². The Balaban J connectivity index is -0.000000629. The van der Waals surface area contributed by atoms with E-state index in [4.69, 9.17) is 33.6 Å². The standard InChI is InChI=1S/C22H36BN7O4.2CO2.3CHO.Re/c1-27-13-9-24-19(27)16-29(17-20-25-10-14-28(20)2)11-5-3-4-8-21(31)26-15-22(32)30-12-6-7-18(30)23(33)34;2*2-1-3;3*1-2;/h9-10,13-14,18,33-34H,3-8,11-12,15-17H2,1-2H3,(H,26,31);;;3*1H;/q;;;3*-1;. The maximum absolute atomic E-state index is 12.3. The molecule has 1 atom stereocenters. The van der Waals surface area contributed by atoms with Gasteiger partial charge >= 0.3 is 19.4 Å². The van der Waals surface area contributed by atoms with Crippen LogP contribution >= 0.6 is 0 Å². The second-order valence-electron chi connectivity index (χ2n) is 9.08. The second-order valence-corrected chi connectivity index (χ2v) is 9.08. The van der Waals surface area contributed by atoms with Crippen LogP contribution in [-0.2, 0) is 90.8 Å². The zero-order valence-corrected chi connectivity index (χ0v) is 28.8. The van der Waals surface area contributed by atoms with Crippen LogP contribution in [0.25, 0.3) is 0 Å². The fourth-order valence-electron chi connectivity index (χ4n) is 4.29. The minimum Gasteiger partial charge on any atom is -0.545 e. The summed E-state index contributed by atoms with van der Waals surface area (Å²) in [5, 5.41) is 21.4. The van der Waals surface area contributed by atoms with E-state index in [2.05, 4.69) is 40.6 Å². The van der Waals surface area contributed by atoms with Crippen molar-refractivity contribution in [1.29, 1.82) is 0 Å². The summed E-state index contributed by atoms with van der Waals surface area (Å²) in [7, 11) is 2.43. The van der Waals surface area contributed by atoms with Gasteiger partial charge in [-0.1, -0.05) is 6.42 Å². The van der Waals surface area contributed by atoms with Crippen molar-refractivity contribution in [3.8, 4) is 0 Å². The van der Waals surface area contributed by atoms with Crippen molar-refractivity contribution in [3.63, 3.8) is 0 Å². The smallest absolute Gasteiger partial charge is 0.475 e. The number of amides is 2. The molecule has 261 valence electrons. The maximum Gasteiger partial charge on any atom is 0.475 e. The monoisotopic (exact) mass is 835 g/mol. The number of imidazole rings is 2. The Morgan fingerprint density at radius 3 is 1.79 bits per heavy atom. The van der Waals surface area contributed by atoms with Gasteiger partial charge in [0.15, 0.2) is 0 Å². The van der Waals surface area contributed by atoms with E-state index >= 15 is 0 Å². The molecule has 1 aliphatic heterocycles. The van der Waals surface area contributed by atoms with Crippen LogP contribution < -0.4 is 5.32 Å². The van der Waals surface area contributed by atoms with Crippen molar-refractivity contribution < 1.29 is 73.6 Å². The molecule has 2 aromatic heterocycles. The molecule has 18 nitrogen and oxygen atoms in total. The molecule has 0 spiro atoms. The van der Waals surface area contributed by atoms with Crippen molar-refractivity contribution in [2.24, 2.45) is 14.1 Å². The van der Waals surface area contributed by atoms with Crippen molar-refractivity contribution in [2.75, 3.05) is 19.6 Å². The third-order valence-corrected chi connectivity index (χ3v) is 6.35. The molecule has 1 radical (unpaired) electrons. The molecule has 1 aliphatic rings. The quantitative estimate of drug-likeness (QED) is 0.0843. The Morgan fingerprint density at radius 1 is 0.915 bits per heavy atom. The summed E-state index contributed by atoms with van der Waals surface area (Å²) in [6, 6.07) is 0. The molecule has 1 unspecified atom stereocenters. The number of likely N-dealkylation sites (tertiary alicyclic amines) is 1. The Bertz CT molecular complexity index is 1110. The van der Waals surface area contributed by atoms with Crippen LogP contribution in [-0.4, -0.2) is 116 Å². The van der Waals surface area contributed by atoms with Gasteiger partial charge < -0.3 is 43.8 Å². The molecule has 0 aromatic carbocycles. The SMILES string of the molecule is Cn1ccnc1CN(CCCCCC(=O)NCC(=O)N1CCCC1B(O)O)Cc1nccn1C.O=C=O.O=C=O.[CH-]=O.[CH-]=O.[CH-]=O.[Re]. The molecule has 0 bridgehead atoms. The molecule has 3 N–H and O–H groups in total. The minimum absolute atomic E-state index is 0. The van der Waals surface area contributed by atoms with Gasteiger partial charge in [-0.05, 0) is 32.2 Å². The number of hydrogen-bond donors (Lipinski definition) is 3. The number of hydrogen-bond acceptors (Lipinski definition) is 14. The van der Waals surface area contributed by atoms with Crippen LogP contribution in [0.15, 0.2) is 24.8 Å². The molecule has 47 heavy (non-hydrogen) atoms. The van der Waals surface area contributed by atoms with Gasteiger partial charge in [-0.2, -0.15) is 19.2 Å². The Labute approximate surface area is 286 Å². The van der Waals surface area contributed by atoms with Gasteiger partial charge in [0.25, 0.3) is 0 Å². The van der Waals surface area contributed by atoms with Crippen LogP contribution in [0.3, 0.4) is 0 Å². The Hall–Kier alpha value is -4.26. The van der Waals surface area contributed by atoms with Gasteiger partial charge in [-0.15, -0.1) is 0 Å². The first kappa shape index (κ1) is 49.6. The largest absolute Gasteiger partial charge is 0.545 e. The number of rotatable bonds is 13. The molecule has 3 heterocycles. The van der Waals surface area contributed by atoms with E-state index in [1.807, 2.05) is 35.6 Å². The molecular weight excluding hydrogens is 795 g/mol. The summed E-state index contributed by atoms with van der Waals surface area (Å²) in [6.07, 6.45) is 12.2. The van der Waals surface area contributed by atoms with Gasteiger partial charge in [-0.3, -0.25) is 34.9 Å². The van der Waals surface area contributed by atoms with E-state index < -0.39 is 13.1 Å². The summed E-state index contributed by atoms with van der Waals surface area (Å²) in [5.41, 5.74) is 0. The van der Waals surface area contributed by atoms with E-state index in [0.717, 1.165) is 57.0 Å². The molecule has 20 heteroatoms. The Morgan fingerprint density at radius 2 is 1.38 bits per heavy atom. The first-order chi connectivity index (χ1) is 22.2. The summed E-state index contributed by atoms with van der Waals surface area (Å²) < 4.78 is 4.03. The van der Waals surface area contributed by atoms with Crippen LogP contribution in [0.1, 0.15) is 50.2 Å². The zero-order valence-electron chi connectivity index (χ0n) is 26.1. The summed E-state index contributed by atoms with van der Waals surface area (Å²) in [6.45, 7) is 12.4. The average molecular weight is 835 g/mol. The fraction of sp³-hybridized carbons (Fsp3) is 0.519. The first-order valence-corrected chi connectivity index (χ1v) is 13.4. The summed E-state index contributed by atoms with van der Waals surface area (Å²) >= 11 is 0. The predicted octanol–water partition coefficient (Wildman–Crippen LogP) is -2.16. The number of nitrogens with zero attached hydrogens (tertiary/aromatic N) is 6. The summed E-state index contributed by atoms with van der Waals surface area (Å²) in [5.74, 6) is 0.970.